The SMILES string of the molecule is CN=C(NCC(C)c1cccc(C)c1)N(C)Cc1cnn(C)c1. The first-order chi connectivity index (χ1) is 11.0. The van der Waals surface area contributed by atoms with Gasteiger partial charge in [0.15, 0.2) is 5.96 Å². The molecule has 5 heteroatoms. The molecule has 0 aliphatic carbocycles. The quantitative estimate of drug-likeness (QED) is 0.681. The van der Waals surface area contributed by atoms with Crippen LogP contribution in [0.1, 0.15) is 29.5 Å². The predicted molar refractivity (Wildman–Crippen MR) is 95.6 cm³/mol. The van der Waals surface area contributed by atoms with Gasteiger partial charge in [-0.25, -0.2) is 0 Å². The van der Waals surface area contributed by atoms with Gasteiger partial charge in [0, 0.05) is 46.0 Å². The number of aliphatic imine (C=N–C) groups is 1. The Morgan fingerprint density at radius 3 is 2.83 bits per heavy atom. The van der Waals surface area contributed by atoms with Crippen LogP contribution in [-0.2, 0) is 13.6 Å². The second-order valence-corrected chi connectivity index (χ2v) is 6.12. The van der Waals surface area contributed by atoms with Gasteiger partial charge in [-0.15, -0.1) is 0 Å². The number of aryl methyl sites for hydroxylation is 2. The molecular weight excluding hydrogens is 286 g/mol. The lowest BCUT2D eigenvalue weighted by Crippen LogP contribution is -2.40. The molecule has 1 aromatic carbocycles. The van der Waals surface area contributed by atoms with E-state index < -0.39 is 0 Å². The first-order valence-corrected chi connectivity index (χ1v) is 7.95. The Kier molecular flexibility index (Phi) is 5.79. The van der Waals surface area contributed by atoms with Crippen LogP contribution in [-0.4, -0.2) is 41.3 Å². The van der Waals surface area contributed by atoms with Gasteiger partial charge >= 0.3 is 0 Å². The smallest absolute Gasteiger partial charge is 0.193 e. The lowest BCUT2D eigenvalue weighted by Gasteiger charge is -2.23. The van der Waals surface area contributed by atoms with E-state index >= 15 is 0 Å². The summed E-state index contributed by atoms with van der Waals surface area (Å²) in [5.41, 5.74) is 3.82. The number of nitrogens with one attached hydrogen (secondary N) is 1. The van der Waals surface area contributed by atoms with E-state index in [1.165, 1.54) is 16.7 Å². The normalized spacial score (nSPS) is 13.0. The second-order valence-electron chi connectivity index (χ2n) is 6.12. The molecule has 0 amide bonds. The Morgan fingerprint density at radius 1 is 1.43 bits per heavy atom. The van der Waals surface area contributed by atoms with Crippen LogP contribution in [0.5, 0.6) is 0 Å². The number of hydrogen-bond acceptors (Lipinski definition) is 2. The van der Waals surface area contributed by atoms with Crippen molar-refractivity contribution in [1.82, 2.24) is 20.0 Å². The maximum Gasteiger partial charge on any atom is 0.193 e. The number of nitrogens with zero attached hydrogens (tertiary/aromatic N) is 4. The van der Waals surface area contributed by atoms with Crippen LogP contribution in [0.15, 0.2) is 41.7 Å². The van der Waals surface area contributed by atoms with Gasteiger partial charge in [-0.2, -0.15) is 5.10 Å². The van der Waals surface area contributed by atoms with Crippen molar-refractivity contribution < 1.29 is 0 Å². The zero-order chi connectivity index (χ0) is 16.8. The molecule has 1 N–H and O–H groups in total. The van der Waals surface area contributed by atoms with Crippen molar-refractivity contribution in [3.63, 3.8) is 0 Å². The molecule has 2 aromatic rings. The topological polar surface area (TPSA) is 45.5 Å². The Labute approximate surface area is 139 Å². The summed E-state index contributed by atoms with van der Waals surface area (Å²) in [4.78, 5) is 6.49. The summed E-state index contributed by atoms with van der Waals surface area (Å²) in [5.74, 6) is 1.33. The van der Waals surface area contributed by atoms with Crippen LogP contribution in [0.2, 0.25) is 0 Å². The third-order valence-corrected chi connectivity index (χ3v) is 3.93. The molecule has 0 aliphatic rings. The van der Waals surface area contributed by atoms with E-state index in [2.05, 4.69) is 58.4 Å². The highest BCUT2D eigenvalue weighted by atomic mass is 15.3. The molecule has 0 fully saturated rings. The minimum absolute atomic E-state index is 0.429. The third kappa shape index (κ3) is 4.84. The van der Waals surface area contributed by atoms with E-state index in [0.717, 1.165) is 19.0 Å². The standard InChI is InChI=1S/C18H27N5/c1-14-7-6-8-17(9-14)15(2)10-20-18(19-3)22(4)12-16-11-21-23(5)13-16/h6-9,11,13,15H,10,12H2,1-5H3,(H,19,20). The van der Waals surface area contributed by atoms with Gasteiger partial charge in [0.2, 0.25) is 0 Å². The molecule has 1 atom stereocenters. The van der Waals surface area contributed by atoms with E-state index in [1.54, 1.807) is 0 Å². The van der Waals surface area contributed by atoms with E-state index in [4.69, 9.17) is 0 Å². The maximum atomic E-state index is 4.38. The fourth-order valence-electron chi connectivity index (χ4n) is 2.63. The molecule has 5 nitrogen and oxygen atoms in total. The van der Waals surface area contributed by atoms with E-state index in [0.29, 0.717) is 5.92 Å². The molecule has 124 valence electrons. The van der Waals surface area contributed by atoms with E-state index in [-0.39, 0.29) is 0 Å². The van der Waals surface area contributed by atoms with Gasteiger partial charge in [-0.05, 0) is 18.4 Å². The fourth-order valence-corrected chi connectivity index (χ4v) is 2.63. The van der Waals surface area contributed by atoms with E-state index in [1.807, 2.05) is 38.2 Å². The molecule has 0 spiro atoms. The highest BCUT2D eigenvalue weighted by Gasteiger charge is 2.11. The van der Waals surface area contributed by atoms with Crippen molar-refractivity contribution in [3.05, 3.63) is 53.3 Å². The number of benzene rings is 1. The number of hydrogen-bond donors (Lipinski definition) is 1. The van der Waals surface area contributed by atoms with Crippen molar-refractivity contribution in [2.75, 3.05) is 20.6 Å². The molecule has 0 radical (unpaired) electrons. The average molecular weight is 313 g/mol. The molecular formula is C18H27N5. The number of guanidine groups is 1. The van der Waals surface area contributed by atoms with Crippen LogP contribution >= 0.6 is 0 Å². The number of rotatable bonds is 5. The summed E-state index contributed by atoms with van der Waals surface area (Å²) >= 11 is 0. The molecule has 0 saturated carbocycles. The van der Waals surface area contributed by atoms with Crippen molar-refractivity contribution in [2.24, 2.45) is 12.0 Å². The van der Waals surface area contributed by atoms with Crippen molar-refractivity contribution >= 4 is 5.96 Å². The minimum Gasteiger partial charge on any atom is -0.356 e. The predicted octanol–water partition coefficient (Wildman–Crippen LogP) is 2.54. The molecule has 23 heavy (non-hydrogen) atoms. The molecule has 1 aromatic heterocycles. The lowest BCUT2D eigenvalue weighted by molar-refractivity contribution is 0.473. The first-order valence-electron chi connectivity index (χ1n) is 7.95. The Morgan fingerprint density at radius 2 is 2.22 bits per heavy atom. The van der Waals surface area contributed by atoms with Gasteiger partial charge < -0.3 is 10.2 Å². The highest BCUT2D eigenvalue weighted by Crippen LogP contribution is 2.15. The molecule has 0 saturated heterocycles. The highest BCUT2D eigenvalue weighted by molar-refractivity contribution is 5.79. The summed E-state index contributed by atoms with van der Waals surface area (Å²) in [7, 11) is 5.79. The van der Waals surface area contributed by atoms with Crippen molar-refractivity contribution in [1.29, 1.82) is 0 Å². The molecule has 1 heterocycles. The monoisotopic (exact) mass is 313 g/mol. The largest absolute Gasteiger partial charge is 0.356 e. The molecule has 0 bridgehead atoms. The first kappa shape index (κ1) is 17.1. The van der Waals surface area contributed by atoms with Gasteiger partial charge in [-0.1, -0.05) is 36.8 Å². The van der Waals surface area contributed by atoms with Gasteiger partial charge in [-0.3, -0.25) is 9.67 Å². The van der Waals surface area contributed by atoms with Crippen LogP contribution in [0.4, 0.5) is 0 Å². The molecule has 2 rings (SSSR count). The average Bonchev–Trinajstić information content (AvgIpc) is 2.92. The fraction of sp³-hybridized carbons (Fsp3) is 0.444. The zero-order valence-corrected chi connectivity index (χ0v) is 14.7. The van der Waals surface area contributed by atoms with Gasteiger partial charge in [0.25, 0.3) is 0 Å². The summed E-state index contributed by atoms with van der Waals surface area (Å²) in [6, 6.07) is 8.67. The Bertz CT molecular complexity index is 659. The second kappa shape index (κ2) is 7.81. The Hall–Kier alpha value is -2.30. The lowest BCUT2D eigenvalue weighted by atomic mass is 9.99. The van der Waals surface area contributed by atoms with Crippen molar-refractivity contribution in [2.45, 2.75) is 26.3 Å². The van der Waals surface area contributed by atoms with Gasteiger partial charge in [0.1, 0.15) is 0 Å². The van der Waals surface area contributed by atoms with E-state index in [9.17, 15) is 0 Å². The maximum absolute atomic E-state index is 4.38. The summed E-state index contributed by atoms with van der Waals surface area (Å²) in [6.45, 7) is 6.00. The van der Waals surface area contributed by atoms with Crippen molar-refractivity contribution in [3.8, 4) is 0 Å². The van der Waals surface area contributed by atoms with Crippen LogP contribution < -0.4 is 5.32 Å². The summed E-state index contributed by atoms with van der Waals surface area (Å²) in [6.07, 6.45) is 3.91. The summed E-state index contributed by atoms with van der Waals surface area (Å²) < 4.78 is 1.82. The van der Waals surface area contributed by atoms with Gasteiger partial charge in [0.05, 0.1) is 6.20 Å². The minimum atomic E-state index is 0.429. The summed E-state index contributed by atoms with van der Waals surface area (Å²) in [5, 5.41) is 7.67. The number of aromatic nitrogens is 2. The molecule has 1 unspecified atom stereocenters. The zero-order valence-electron chi connectivity index (χ0n) is 14.7. The Balaban J connectivity index is 1.91. The van der Waals surface area contributed by atoms with Crippen LogP contribution in [0.3, 0.4) is 0 Å². The van der Waals surface area contributed by atoms with Crippen LogP contribution in [0, 0.1) is 6.92 Å². The third-order valence-electron chi connectivity index (χ3n) is 3.93. The van der Waals surface area contributed by atoms with Crippen LogP contribution in [0.25, 0.3) is 0 Å². The molecule has 0 aliphatic heterocycles.